The average Bonchev–Trinajstić information content (AvgIpc) is 2.30. The third-order valence-electron chi connectivity index (χ3n) is 1.41. The Balaban J connectivity index is -0.0000000482. The van der Waals surface area contributed by atoms with Crippen LogP contribution >= 0.6 is 0 Å². The molecule has 0 atom stereocenters. The van der Waals surface area contributed by atoms with E-state index in [2.05, 4.69) is 41.5 Å². The zero-order valence-electron chi connectivity index (χ0n) is 15.4. The first-order valence-corrected chi connectivity index (χ1v) is 7.79. The molecule has 0 bridgehead atoms. The van der Waals surface area contributed by atoms with Gasteiger partial charge in [-0.25, -0.2) is 0 Å². The Morgan fingerprint density at radius 2 is 0.800 bits per heavy atom. The van der Waals surface area contributed by atoms with Gasteiger partial charge in [0.2, 0.25) is 0 Å². The maximum absolute atomic E-state index is 8.25. The summed E-state index contributed by atoms with van der Waals surface area (Å²) in [5.41, 5.74) is 0. The van der Waals surface area contributed by atoms with Gasteiger partial charge in [0.25, 0.3) is 0 Å². The summed E-state index contributed by atoms with van der Waals surface area (Å²) in [4.78, 5) is 0. The number of rotatable bonds is 2. The molecule has 0 spiro atoms. The molecule has 0 saturated heterocycles. The van der Waals surface area contributed by atoms with Crippen LogP contribution in [-0.2, 0) is 23.7 Å². The van der Waals surface area contributed by atoms with Crippen LogP contribution in [0.5, 0.6) is 0 Å². The number of aliphatic hydroxyl groups excluding tert-OH is 2. The Labute approximate surface area is 140 Å². The zero-order valence-corrected chi connectivity index (χ0v) is 16.9. The van der Waals surface area contributed by atoms with E-state index in [9.17, 15) is 0 Å². The van der Waals surface area contributed by atoms with Crippen molar-refractivity contribution in [2.45, 2.75) is 94.3 Å². The zero-order chi connectivity index (χ0) is 17.7. The fourth-order valence-corrected chi connectivity index (χ4v) is 0. The molecule has 0 aliphatic carbocycles. The Kier molecular flexibility index (Phi) is 51.3. The summed E-state index contributed by atoms with van der Waals surface area (Å²) in [6.45, 7) is 19.8. The second-order valence-electron chi connectivity index (χ2n) is 5.31. The van der Waals surface area contributed by atoms with Crippen LogP contribution in [0.3, 0.4) is 0 Å². The third-order valence-corrected chi connectivity index (χ3v) is 1.41. The summed E-state index contributed by atoms with van der Waals surface area (Å²) in [6.07, 6.45) is 2.11. The van der Waals surface area contributed by atoms with Crippen molar-refractivity contribution in [1.29, 1.82) is 0 Å². The van der Waals surface area contributed by atoms with Gasteiger partial charge in [-0.15, -0.1) is 0 Å². The predicted molar refractivity (Wildman–Crippen MR) is 85.2 cm³/mol. The summed E-state index contributed by atoms with van der Waals surface area (Å²) in [5, 5.41) is 16.1. The molecule has 0 rings (SSSR count). The monoisotopic (exact) mass is 326 g/mol. The van der Waals surface area contributed by atoms with Crippen LogP contribution in [0, 0.1) is 11.8 Å². The molecule has 124 valence electrons. The maximum atomic E-state index is 8.25. The normalized spacial score (nSPS) is 8.70. The second-order valence-corrected chi connectivity index (χ2v) is 5.31. The van der Waals surface area contributed by atoms with Crippen LogP contribution in [0.4, 0.5) is 0 Å². The van der Waals surface area contributed by atoms with Gasteiger partial charge in [0.05, 0.1) is 0 Å². The SMILES string of the molecule is CC(C)O.CC(C)O.CC[C-](C)C.CC[C-](C)C.[O]=[Ti+2]. The minimum absolute atomic E-state index is 0.167. The van der Waals surface area contributed by atoms with Gasteiger partial charge < -0.3 is 22.0 Å². The van der Waals surface area contributed by atoms with Gasteiger partial charge in [-0.3, -0.25) is 0 Å². The number of hydrogen-bond donors (Lipinski definition) is 2. The Bertz CT molecular complexity index is 107. The molecule has 0 saturated carbocycles. The molecular formula is C16H38O3Ti. The quantitative estimate of drug-likeness (QED) is 0.572. The molecule has 3 nitrogen and oxygen atoms in total. The molecule has 20 heavy (non-hydrogen) atoms. The van der Waals surface area contributed by atoms with Gasteiger partial charge >= 0.3 is 23.7 Å². The summed E-state index contributed by atoms with van der Waals surface area (Å²) >= 11 is 0.750. The first-order valence-electron chi connectivity index (χ1n) is 7.15. The molecule has 0 unspecified atom stereocenters. The van der Waals surface area contributed by atoms with Gasteiger partial charge in [0.1, 0.15) is 0 Å². The second kappa shape index (κ2) is 31.7. The fraction of sp³-hybridized carbons (Fsp3) is 0.875. The summed E-state index contributed by atoms with van der Waals surface area (Å²) < 4.78 is 8.25. The van der Waals surface area contributed by atoms with Gasteiger partial charge in [-0.2, -0.15) is 40.5 Å². The molecule has 0 aliphatic heterocycles. The molecule has 0 aromatic rings. The van der Waals surface area contributed by atoms with Crippen LogP contribution in [0.1, 0.15) is 82.1 Å². The Morgan fingerprint density at radius 1 is 0.750 bits per heavy atom. The molecule has 0 aromatic carbocycles. The molecule has 4 heteroatoms. The van der Waals surface area contributed by atoms with E-state index in [-0.39, 0.29) is 12.2 Å². The average molecular weight is 326 g/mol. The van der Waals surface area contributed by atoms with E-state index in [1.807, 2.05) is 0 Å². The van der Waals surface area contributed by atoms with E-state index in [4.69, 9.17) is 13.5 Å². The van der Waals surface area contributed by atoms with E-state index >= 15 is 0 Å². The van der Waals surface area contributed by atoms with Crippen molar-refractivity contribution in [2.24, 2.45) is 0 Å². The molecular weight excluding hydrogens is 288 g/mol. The van der Waals surface area contributed by atoms with E-state index in [0.29, 0.717) is 0 Å². The summed E-state index contributed by atoms with van der Waals surface area (Å²) in [5.74, 6) is 3.01. The van der Waals surface area contributed by atoms with Crippen molar-refractivity contribution in [3.8, 4) is 0 Å². The van der Waals surface area contributed by atoms with Crippen LogP contribution in [-0.4, -0.2) is 22.4 Å². The van der Waals surface area contributed by atoms with E-state index < -0.39 is 0 Å². The predicted octanol–water partition coefficient (Wildman–Crippen LogP) is 4.67. The fourth-order valence-electron chi connectivity index (χ4n) is 0. The van der Waals surface area contributed by atoms with Crippen molar-refractivity contribution >= 4 is 0 Å². The van der Waals surface area contributed by atoms with Crippen LogP contribution in [0.2, 0.25) is 0 Å². The first-order chi connectivity index (χ1) is 9.00. The Hall–Kier alpha value is 0.434. The Morgan fingerprint density at radius 3 is 0.800 bits per heavy atom. The van der Waals surface area contributed by atoms with E-state index in [1.165, 1.54) is 24.7 Å². The van der Waals surface area contributed by atoms with Crippen molar-refractivity contribution in [2.75, 3.05) is 0 Å². The molecule has 0 heterocycles. The van der Waals surface area contributed by atoms with E-state index in [0.717, 1.165) is 20.4 Å². The van der Waals surface area contributed by atoms with Crippen LogP contribution < -0.4 is 0 Å². The third kappa shape index (κ3) is 285. The number of hydrogen-bond acceptors (Lipinski definition) is 3. The summed E-state index contributed by atoms with van der Waals surface area (Å²) in [6, 6.07) is 0. The van der Waals surface area contributed by atoms with Gasteiger partial charge in [0.15, 0.2) is 0 Å². The van der Waals surface area contributed by atoms with Gasteiger partial charge in [0, 0.05) is 12.2 Å². The van der Waals surface area contributed by atoms with Gasteiger partial charge in [-0.05, 0) is 27.7 Å². The van der Waals surface area contributed by atoms with Crippen molar-refractivity contribution in [3.63, 3.8) is 0 Å². The molecule has 0 radical (unpaired) electrons. The molecule has 0 fully saturated rings. The minimum atomic E-state index is -0.167. The topological polar surface area (TPSA) is 57.5 Å². The summed E-state index contributed by atoms with van der Waals surface area (Å²) in [7, 11) is 0. The van der Waals surface area contributed by atoms with E-state index in [1.54, 1.807) is 27.7 Å². The molecule has 0 amide bonds. The number of aliphatic hydroxyl groups is 2. The van der Waals surface area contributed by atoms with Crippen LogP contribution in [0.25, 0.3) is 0 Å². The van der Waals surface area contributed by atoms with Gasteiger partial charge in [-0.1, -0.05) is 13.8 Å². The first kappa shape index (κ1) is 32.4. The molecule has 2 N–H and O–H groups in total. The van der Waals surface area contributed by atoms with Crippen molar-refractivity contribution in [3.05, 3.63) is 11.8 Å². The standard InChI is InChI=1S/2C5H11.2C3H8O.O.Ti/c2*1-4-5(2)3;2*1-3(2)4;;/h2*4H2,1-3H3;2*3-4H,1-2H3;;/q2*-1;;;;+2. The van der Waals surface area contributed by atoms with Crippen molar-refractivity contribution < 1.29 is 33.9 Å². The molecule has 0 aliphatic rings. The van der Waals surface area contributed by atoms with Crippen molar-refractivity contribution in [1.82, 2.24) is 0 Å². The van der Waals surface area contributed by atoms with Crippen LogP contribution in [0.15, 0.2) is 0 Å². The molecule has 0 aromatic heterocycles.